The summed E-state index contributed by atoms with van der Waals surface area (Å²) in [5, 5.41) is 2.25. The van der Waals surface area contributed by atoms with Crippen LogP contribution >= 0.6 is 0 Å². The Kier molecular flexibility index (Phi) is 5.79. The fourth-order valence-electron chi connectivity index (χ4n) is 8.97. The average Bonchev–Trinajstić information content (AvgIpc) is 3.74. The maximum atomic E-state index is 6.98. The third-order valence-electron chi connectivity index (χ3n) is 11.3. The van der Waals surface area contributed by atoms with E-state index in [0.717, 1.165) is 39.0 Å². The van der Waals surface area contributed by atoms with Crippen LogP contribution in [0.4, 0.5) is 17.1 Å². The molecule has 0 bridgehead atoms. The number of para-hydroxylation sites is 2. The van der Waals surface area contributed by atoms with Crippen molar-refractivity contribution in [1.29, 1.82) is 0 Å². The van der Waals surface area contributed by atoms with Gasteiger partial charge in [0.05, 0.1) is 11.1 Å². The van der Waals surface area contributed by atoms with Gasteiger partial charge in [-0.1, -0.05) is 135 Å². The standard InChI is InChI=1S/C47H35NO/c1-46(2)37-21-11-7-17-32(37)35-26-25-31(29-41(35)46)48(30-15-5-4-6-16-30)42-28-27-40(45-44(42)36-20-10-14-24-43(36)49-45)47(3)38-22-12-8-18-33(38)34-19-9-13-23-39(34)47/h4-29H,1-3H3. The lowest BCUT2D eigenvalue weighted by Gasteiger charge is -2.31. The van der Waals surface area contributed by atoms with E-state index in [-0.39, 0.29) is 5.41 Å². The van der Waals surface area contributed by atoms with Gasteiger partial charge >= 0.3 is 0 Å². The molecule has 49 heavy (non-hydrogen) atoms. The molecule has 10 rings (SSSR count). The fraction of sp³-hybridized carbons (Fsp3) is 0.106. The molecular weight excluding hydrogens is 595 g/mol. The van der Waals surface area contributed by atoms with Gasteiger partial charge in [-0.2, -0.15) is 0 Å². The Bertz CT molecular complexity index is 2560. The van der Waals surface area contributed by atoms with Crippen molar-refractivity contribution < 1.29 is 4.42 Å². The van der Waals surface area contributed by atoms with Crippen molar-refractivity contribution in [3.63, 3.8) is 0 Å². The van der Waals surface area contributed by atoms with Crippen LogP contribution in [0.2, 0.25) is 0 Å². The largest absolute Gasteiger partial charge is 0.456 e. The van der Waals surface area contributed by atoms with Crippen LogP contribution < -0.4 is 4.90 Å². The van der Waals surface area contributed by atoms with E-state index in [4.69, 9.17) is 4.42 Å². The van der Waals surface area contributed by atoms with Crippen LogP contribution in [0, 0.1) is 0 Å². The van der Waals surface area contributed by atoms with Gasteiger partial charge in [0.15, 0.2) is 0 Å². The van der Waals surface area contributed by atoms with Gasteiger partial charge in [0, 0.05) is 33.2 Å². The Balaban J connectivity index is 1.26. The first-order valence-electron chi connectivity index (χ1n) is 17.2. The molecule has 2 nitrogen and oxygen atoms in total. The van der Waals surface area contributed by atoms with Crippen LogP contribution in [0.5, 0.6) is 0 Å². The highest BCUT2D eigenvalue weighted by Crippen LogP contribution is 2.56. The van der Waals surface area contributed by atoms with Crippen molar-refractivity contribution in [3.05, 3.63) is 186 Å². The minimum atomic E-state index is -0.390. The van der Waals surface area contributed by atoms with Gasteiger partial charge < -0.3 is 9.32 Å². The lowest BCUT2D eigenvalue weighted by atomic mass is 9.73. The molecule has 0 amide bonds. The number of hydrogen-bond donors (Lipinski definition) is 0. The molecule has 0 radical (unpaired) electrons. The Morgan fingerprint density at radius 3 is 1.73 bits per heavy atom. The van der Waals surface area contributed by atoms with Crippen molar-refractivity contribution in [2.24, 2.45) is 0 Å². The van der Waals surface area contributed by atoms with Gasteiger partial charge in [0.2, 0.25) is 0 Å². The quantitative estimate of drug-likeness (QED) is 0.193. The summed E-state index contributed by atoms with van der Waals surface area (Å²) in [6.45, 7) is 7.07. The third kappa shape index (κ3) is 3.77. The zero-order chi connectivity index (χ0) is 32.9. The summed E-state index contributed by atoms with van der Waals surface area (Å²) in [5.74, 6) is 0. The summed E-state index contributed by atoms with van der Waals surface area (Å²) in [6, 6.07) is 57.5. The monoisotopic (exact) mass is 629 g/mol. The van der Waals surface area contributed by atoms with E-state index in [1.165, 1.54) is 50.1 Å². The molecule has 2 aliphatic rings. The molecule has 0 unspecified atom stereocenters. The third-order valence-corrected chi connectivity index (χ3v) is 11.3. The molecule has 0 saturated heterocycles. The zero-order valence-electron chi connectivity index (χ0n) is 27.9. The van der Waals surface area contributed by atoms with Gasteiger partial charge in [0.25, 0.3) is 0 Å². The maximum absolute atomic E-state index is 6.98. The topological polar surface area (TPSA) is 16.4 Å². The second-order valence-electron chi connectivity index (χ2n) is 14.2. The Morgan fingerprint density at radius 1 is 0.449 bits per heavy atom. The zero-order valence-corrected chi connectivity index (χ0v) is 27.9. The van der Waals surface area contributed by atoms with E-state index in [2.05, 4.69) is 183 Å². The van der Waals surface area contributed by atoms with Crippen molar-refractivity contribution in [2.45, 2.75) is 31.6 Å². The number of nitrogens with zero attached hydrogens (tertiary/aromatic N) is 1. The molecule has 0 saturated carbocycles. The second-order valence-corrected chi connectivity index (χ2v) is 14.2. The Hall–Kier alpha value is -5.86. The molecule has 0 spiro atoms. The first-order valence-corrected chi connectivity index (χ1v) is 17.2. The predicted octanol–water partition coefficient (Wildman–Crippen LogP) is 12.7. The maximum Gasteiger partial charge on any atom is 0.141 e. The number of anilines is 3. The first-order chi connectivity index (χ1) is 24.0. The molecule has 2 aliphatic carbocycles. The molecule has 234 valence electrons. The van der Waals surface area contributed by atoms with E-state index < -0.39 is 5.41 Å². The molecule has 1 heterocycles. The van der Waals surface area contributed by atoms with Crippen LogP contribution in [0.15, 0.2) is 162 Å². The van der Waals surface area contributed by atoms with E-state index in [0.29, 0.717) is 0 Å². The first kappa shape index (κ1) is 28.2. The lowest BCUT2D eigenvalue weighted by Crippen LogP contribution is -2.23. The van der Waals surface area contributed by atoms with Gasteiger partial charge in [-0.15, -0.1) is 0 Å². The molecule has 7 aromatic carbocycles. The highest BCUT2D eigenvalue weighted by Gasteiger charge is 2.43. The molecule has 0 fully saturated rings. The minimum absolute atomic E-state index is 0.107. The summed E-state index contributed by atoms with van der Waals surface area (Å²) in [4.78, 5) is 2.42. The van der Waals surface area contributed by atoms with Crippen molar-refractivity contribution in [2.75, 3.05) is 4.90 Å². The smallest absolute Gasteiger partial charge is 0.141 e. The summed E-state index contributed by atoms with van der Waals surface area (Å²) in [6.07, 6.45) is 0. The molecule has 0 aliphatic heterocycles. The van der Waals surface area contributed by atoms with Crippen molar-refractivity contribution in [3.8, 4) is 22.3 Å². The molecule has 0 atom stereocenters. The molecule has 0 N–H and O–H groups in total. The van der Waals surface area contributed by atoms with Crippen LogP contribution in [0.1, 0.15) is 48.6 Å². The molecular formula is C47H35NO. The van der Waals surface area contributed by atoms with Gasteiger partial charge in [-0.3, -0.25) is 0 Å². The molecule has 1 aromatic heterocycles. The van der Waals surface area contributed by atoms with Gasteiger partial charge in [-0.25, -0.2) is 0 Å². The van der Waals surface area contributed by atoms with E-state index >= 15 is 0 Å². The van der Waals surface area contributed by atoms with E-state index in [9.17, 15) is 0 Å². The van der Waals surface area contributed by atoms with Crippen molar-refractivity contribution >= 4 is 39.0 Å². The Labute approximate surface area is 286 Å². The summed E-state index contributed by atoms with van der Waals surface area (Å²) in [7, 11) is 0. The number of rotatable bonds is 4. The number of fused-ring (bicyclic) bond motifs is 9. The minimum Gasteiger partial charge on any atom is -0.456 e. The van der Waals surface area contributed by atoms with Gasteiger partial charge in [0.1, 0.15) is 11.2 Å². The number of furan rings is 1. The predicted molar refractivity (Wildman–Crippen MR) is 203 cm³/mol. The SMILES string of the molecule is CC1(C)c2ccccc2-c2ccc(N(c3ccccc3)c3ccc(C4(C)c5ccccc5-c5ccccc54)c4oc5ccccc5c34)cc21. The van der Waals surface area contributed by atoms with Crippen LogP contribution in [-0.2, 0) is 10.8 Å². The normalized spacial score (nSPS) is 14.8. The van der Waals surface area contributed by atoms with E-state index in [1.807, 2.05) is 0 Å². The van der Waals surface area contributed by atoms with Crippen molar-refractivity contribution in [1.82, 2.24) is 0 Å². The highest BCUT2D eigenvalue weighted by molar-refractivity contribution is 6.15. The van der Waals surface area contributed by atoms with Crippen LogP contribution in [0.3, 0.4) is 0 Å². The van der Waals surface area contributed by atoms with Crippen LogP contribution in [0.25, 0.3) is 44.2 Å². The Morgan fingerprint density at radius 2 is 1.02 bits per heavy atom. The lowest BCUT2D eigenvalue weighted by molar-refractivity contribution is 0.638. The number of hydrogen-bond acceptors (Lipinski definition) is 2. The highest BCUT2D eigenvalue weighted by atomic mass is 16.3. The summed E-state index contributed by atoms with van der Waals surface area (Å²) < 4.78 is 6.98. The van der Waals surface area contributed by atoms with Crippen LogP contribution in [-0.4, -0.2) is 0 Å². The average molecular weight is 630 g/mol. The van der Waals surface area contributed by atoms with E-state index in [1.54, 1.807) is 0 Å². The second kappa shape index (κ2) is 10.1. The fourth-order valence-corrected chi connectivity index (χ4v) is 8.97. The summed E-state index contributed by atoms with van der Waals surface area (Å²) in [5.41, 5.74) is 16.4. The summed E-state index contributed by atoms with van der Waals surface area (Å²) >= 11 is 0. The molecule has 2 heteroatoms. The van der Waals surface area contributed by atoms with Gasteiger partial charge in [-0.05, 0) is 87.8 Å². The number of benzene rings is 7. The molecule has 8 aromatic rings.